The quantitative estimate of drug-likeness (QED) is 0.651. The van der Waals surface area contributed by atoms with Crippen molar-refractivity contribution < 1.29 is 14.7 Å². The van der Waals surface area contributed by atoms with Gasteiger partial charge in [-0.1, -0.05) is 41.9 Å². The molecule has 3 aromatic rings. The summed E-state index contributed by atoms with van der Waals surface area (Å²) >= 11 is 7.08. The molecule has 0 aliphatic rings. The van der Waals surface area contributed by atoms with Crippen molar-refractivity contribution in [3.8, 4) is 11.1 Å². The fourth-order valence-corrected chi connectivity index (χ4v) is 3.76. The lowest BCUT2D eigenvalue weighted by molar-refractivity contribution is 0.0699. The molecule has 0 radical (unpaired) electrons. The van der Waals surface area contributed by atoms with Crippen molar-refractivity contribution in [3.63, 3.8) is 0 Å². The van der Waals surface area contributed by atoms with Gasteiger partial charge in [0.2, 0.25) is 0 Å². The van der Waals surface area contributed by atoms with E-state index in [1.807, 2.05) is 37.3 Å². The van der Waals surface area contributed by atoms with E-state index in [-0.39, 0.29) is 11.5 Å². The number of aryl methyl sites for hydroxylation is 1. The standard InChI is InChI=1S/C19H14ClNO3S/c1-11-15(12-5-3-2-4-6-12)16(19(23)24)18(25-11)21-17(22)13-7-9-14(20)10-8-13/h2-10H,1H3,(H,21,22)(H,23,24). The molecular weight excluding hydrogens is 358 g/mol. The second-order valence-electron chi connectivity index (χ2n) is 5.37. The SMILES string of the molecule is Cc1sc(NC(=O)c2ccc(Cl)cc2)c(C(=O)O)c1-c1ccccc1. The summed E-state index contributed by atoms with van der Waals surface area (Å²) in [6.07, 6.45) is 0. The molecule has 0 aliphatic heterocycles. The first-order chi connectivity index (χ1) is 12.0. The summed E-state index contributed by atoms with van der Waals surface area (Å²) in [4.78, 5) is 25.1. The summed E-state index contributed by atoms with van der Waals surface area (Å²) in [5.41, 5.74) is 1.95. The molecule has 0 bridgehead atoms. The monoisotopic (exact) mass is 371 g/mol. The highest BCUT2D eigenvalue weighted by molar-refractivity contribution is 7.17. The number of halogens is 1. The van der Waals surface area contributed by atoms with Crippen molar-refractivity contribution in [1.29, 1.82) is 0 Å². The summed E-state index contributed by atoms with van der Waals surface area (Å²) in [7, 11) is 0. The minimum absolute atomic E-state index is 0.107. The van der Waals surface area contributed by atoms with Crippen molar-refractivity contribution in [2.75, 3.05) is 5.32 Å². The molecule has 4 nitrogen and oxygen atoms in total. The van der Waals surface area contributed by atoms with Gasteiger partial charge in [0.05, 0.1) is 0 Å². The molecular formula is C19H14ClNO3S. The number of amides is 1. The Balaban J connectivity index is 2.01. The minimum Gasteiger partial charge on any atom is -0.478 e. The van der Waals surface area contributed by atoms with Gasteiger partial charge in [-0.15, -0.1) is 11.3 Å². The number of aromatic carboxylic acids is 1. The van der Waals surface area contributed by atoms with Crippen molar-refractivity contribution >= 4 is 39.8 Å². The summed E-state index contributed by atoms with van der Waals surface area (Å²) in [6.45, 7) is 1.84. The molecule has 0 spiro atoms. The van der Waals surface area contributed by atoms with E-state index in [9.17, 15) is 14.7 Å². The zero-order chi connectivity index (χ0) is 18.0. The normalized spacial score (nSPS) is 10.5. The van der Waals surface area contributed by atoms with E-state index < -0.39 is 5.97 Å². The van der Waals surface area contributed by atoms with Crippen molar-refractivity contribution in [2.45, 2.75) is 6.92 Å². The molecule has 0 saturated carbocycles. The van der Waals surface area contributed by atoms with Gasteiger partial charge in [-0.3, -0.25) is 4.79 Å². The molecule has 0 aliphatic carbocycles. The largest absolute Gasteiger partial charge is 0.478 e. The van der Waals surface area contributed by atoms with E-state index in [0.717, 1.165) is 10.4 Å². The molecule has 6 heteroatoms. The van der Waals surface area contributed by atoms with Crippen LogP contribution in [0.15, 0.2) is 54.6 Å². The van der Waals surface area contributed by atoms with Crippen molar-refractivity contribution in [2.24, 2.45) is 0 Å². The predicted octanol–water partition coefficient (Wildman–Crippen LogP) is 5.33. The number of carboxylic acid groups (broad SMARTS) is 1. The Morgan fingerprint density at radius 2 is 1.68 bits per heavy atom. The van der Waals surface area contributed by atoms with Crippen LogP contribution in [0.3, 0.4) is 0 Å². The third-order valence-electron chi connectivity index (χ3n) is 3.69. The van der Waals surface area contributed by atoms with Crippen LogP contribution >= 0.6 is 22.9 Å². The second-order valence-corrected chi connectivity index (χ2v) is 7.03. The Morgan fingerprint density at radius 1 is 1.04 bits per heavy atom. The third-order valence-corrected chi connectivity index (χ3v) is 4.97. The Morgan fingerprint density at radius 3 is 2.28 bits per heavy atom. The number of carboxylic acids is 1. The maximum atomic E-state index is 12.4. The van der Waals surface area contributed by atoms with Crippen LogP contribution in [-0.2, 0) is 0 Å². The highest BCUT2D eigenvalue weighted by Gasteiger charge is 2.24. The zero-order valence-corrected chi connectivity index (χ0v) is 14.8. The predicted molar refractivity (Wildman–Crippen MR) is 101 cm³/mol. The smallest absolute Gasteiger partial charge is 0.339 e. The first-order valence-corrected chi connectivity index (χ1v) is 8.66. The number of benzene rings is 2. The van der Waals surface area contributed by atoms with Gasteiger partial charge >= 0.3 is 5.97 Å². The van der Waals surface area contributed by atoms with E-state index >= 15 is 0 Å². The van der Waals surface area contributed by atoms with Crippen LogP contribution in [-0.4, -0.2) is 17.0 Å². The van der Waals surface area contributed by atoms with Crippen LogP contribution in [0.2, 0.25) is 5.02 Å². The summed E-state index contributed by atoms with van der Waals surface area (Å²) in [6, 6.07) is 15.7. The molecule has 3 rings (SSSR count). The highest BCUT2D eigenvalue weighted by Crippen LogP contribution is 2.40. The zero-order valence-electron chi connectivity index (χ0n) is 13.2. The van der Waals surface area contributed by atoms with E-state index in [1.54, 1.807) is 24.3 Å². The summed E-state index contributed by atoms with van der Waals surface area (Å²) in [5, 5.41) is 13.2. The van der Waals surface area contributed by atoms with Gasteiger partial charge in [-0.25, -0.2) is 4.79 Å². The number of carbonyl (C=O) groups excluding carboxylic acids is 1. The Kier molecular flexibility index (Phi) is 4.88. The van der Waals surface area contributed by atoms with E-state index in [1.165, 1.54) is 11.3 Å². The van der Waals surface area contributed by atoms with Gasteiger partial charge in [0, 0.05) is 21.0 Å². The van der Waals surface area contributed by atoms with Gasteiger partial charge in [0.15, 0.2) is 0 Å². The lowest BCUT2D eigenvalue weighted by Crippen LogP contribution is -2.13. The lowest BCUT2D eigenvalue weighted by Gasteiger charge is -2.06. The molecule has 126 valence electrons. The Hall–Kier alpha value is -2.63. The number of carbonyl (C=O) groups is 2. The van der Waals surface area contributed by atoms with Crippen LogP contribution < -0.4 is 5.32 Å². The molecule has 1 amide bonds. The number of hydrogen-bond donors (Lipinski definition) is 2. The maximum Gasteiger partial charge on any atom is 0.339 e. The molecule has 1 aromatic heterocycles. The van der Waals surface area contributed by atoms with Crippen molar-refractivity contribution in [1.82, 2.24) is 0 Å². The lowest BCUT2D eigenvalue weighted by atomic mass is 10.0. The minimum atomic E-state index is -1.07. The number of thiophene rings is 1. The molecule has 2 N–H and O–H groups in total. The fourth-order valence-electron chi connectivity index (χ4n) is 2.57. The average molecular weight is 372 g/mol. The molecule has 25 heavy (non-hydrogen) atoms. The first-order valence-electron chi connectivity index (χ1n) is 7.46. The topological polar surface area (TPSA) is 66.4 Å². The second kappa shape index (κ2) is 7.09. The van der Waals surface area contributed by atoms with E-state index in [0.29, 0.717) is 21.2 Å². The van der Waals surface area contributed by atoms with Crippen molar-refractivity contribution in [3.05, 3.63) is 75.6 Å². The number of hydrogen-bond acceptors (Lipinski definition) is 3. The van der Waals surface area contributed by atoms with Crippen LogP contribution in [0.5, 0.6) is 0 Å². The Bertz CT molecular complexity index is 933. The molecule has 2 aromatic carbocycles. The molecule has 0 saturated heterocycles. The Labute approximate surface area is 153 Å². The summed E-state index contributed by atoms with van der Waals surface area (Å²) < 4.78 is 0. The number of rotatable bonds is 4. The molecule has 1 heterocycles. The van der Waals surface area contributed by atoms with Gasteiger partial charge in [0.25, 0.3) is 5.91 Å². The maximum absolute atomic E-state index is 12.4. The number of nitrogens with one attached hydrogen (secondary N) is 1. The summed E-state index contributed by atoms with van der Waals surface area (Å²) in [5.74, 6) is -1.45. The average Bonchev–Trinajstić information content (AvgIpc) is 2.92. The molecule has 0 atom stereocenters. The van der Waals surface area contributed by atoms with Crippen LogP contribution in [0.1, 0.15) is 25.6 Å². The third kappa shape index (κ3) is 3.57. The van der Waals surface area contributed by atoms with Gasteiger partial charge in [-0.05, 0) is 36.8 Å². The van der Waals surface area contributed by atoms with Gasteiger partial charge in [0.1, 0.15) is 10.6 Å². The van der Waals surface area contributed by atoms with Crippen LogP contribution in [0.4, 0.5) is 5.00 Å². The highest BCUT2D eigenvalue weighted by atomic mass is 35.5. The van der Waals surface area contributed by atoms with E-state index in [2.05, 4.69) is 5.32 Å². The first kappa shape index (κ1) is 17.2. The van der Waals surface area contributed by atoms with Crippen LogP contribution in [0, 0.1) is 6.92 Å². The number of anilines is 1. The van der Waals surface area contributed by atoms with Crippen LogP contribution in [0.25, 0.3) is 11.1 Å². The molecule has 0 fully saturated rings. The fraction of sp³-hybridized carbons (Fsp3) is 0.0526. The van der Waals surface area contributed by atoms with Gasteiger partial charge in [-0.2, -0.15) is 0 Å². The van der Waals surface area contributed by atoms with E-state index in [4.69, 9.17) is 11.6 Å². The molecule has 0 unspecified atom stereocenters. The van der Waals surface area contributed by atoms with Gasteiger partial charge < -0.3 is 10.4 Å².